The van der Waals surface area contributed by atoms with Crippen LogP contribution in [0.1, 0.15) is 22.3 Å². The molecule has 2 aromatic carbocycles. The molecule has 0 aliphatic heterocycles. The Kier molecular flexibility index (Phi) is 4.63. The third-order valence-corrected chi connectivity index (χ3v) is 4.32. The zero-order valence-corrected chi connectivity index (χ0v) is 13.7. The van der Waals surface area contributed by atoms with E-state index in [9.17, 15) is 10.1 Å². The molecule has 0 aromatic heterocycles. The van der Waals surface area contributed by atoms with Crippen LogP contribution in [0, 0.1) is 30.9 Å². The fraction of sp³-hybridized carbons (Fsp3) is 0.250. The van der Waals surface area contributed by atoms with E-state index in [1.807, 2.05) is 32.9 Å². The highest BCUT2D eigenvalue weighted by Crippen LogP contribution is 2.30. The standard InChI is InChI=1S/C16H16BrNO3/c1-10-7-11(2)12(3)15(8-10)21-9-13-5-4-6-14(16(13)17)18(19)20/h4-8H,9H2,1-3H3. The molecule has 0 aliphatic rings. The molecule has 0 bridgehead atoms. The first-order valence-corrected chi connectivity index (χ1v) is 7.32. The van der Waals surface area contributed by atoms with Crippen molar-refractivity contribution < 1.29 is 9.66 Å². The van der Waals surface area contributed by atoms with E-state index >= 15 is 0 Å². The molecule has 0 atom stereocenters. The average Bonchev–Trinajstić information content (AvgIpc) is 2.42. The van der Waals surface area contributed by atoms with Gasteiger partial charge in [0, 0.05) is 11.6 Å². The Bertz CT molecular complexity index is 698. The van der Waals surface area contributed by atoms with Gasteiger partial charge in [-0.15, -0.1) is 0 Å². The van der Waals surface area contributed by atoms with E-state index in [4.69, 9.17) is 4.74 Å². The van der Waals surface area contributed by atoms with Gasteiger partial charge < -0.3 is 4.74 Å². The van der Waals surface area contributed by atoms with Gasteiger partial charge in [-0.25, -0.2) is 0 Å². The van der Waals surface area contributed by atoms with Gasteiger partial charge in [0.15, 0.2) is 0 Å². The molecule has 4 nitrogen and oxygen atoms in total. The van der Waals surface area contributed by atoms with Crippen LogP contribution < -0.4 is 4.74 Å². The van der Waals surface area contributed by atoms with Gasteiger partial charge >= 0.3 is 0 Å². The van der Waals surface area contributed by atoms with Crippen molar-refractivity contribution in [3.8, 4) is 5.75 Å². The van der Waals surface area contributed by atoms with Gasteiger partial charge in [0.05, 0.1) is 4.92 Å². The number of aryl methyl sites for hydroxylation is 2. The van der Waals surface area contributed by atoms with Crippen LogP contribution in [-0.4, -0.2) is 4.92 Å². The quantitative estimate of drug-likeness (QED) is 0.584. The number of hydrogen-bond donors (Lipinski definition) is 0. The number of nitro benzene ring substituents is 1. The minimum Gasteiger partial charge on any atom is -0.489 e. The van der Waals surface area contributed by atoms with Gasteiger partial charge in [0.25, 0.3) is 5.69 Å². The van der Waals surface area contributed by atoms with Crippen LogP contribution in [-0.2, 0) is 6.61 Å². The maximum absolute atomic E-state index is 10.9. The molecule has 0 heterocycles. The molecule has 0 radical (unpaired) electrons. The lowest BCUT2D eigenvalue weighted by molar-refractivity contribution is -0.385. The van der Waals surface area contributed by atoms with Gasteiger partial charge in [-0.05, 0) is 59.5 Å². The molecule has 110 valence electrons. The SMILES string of the molecule is Cc1cc(C)c(C)c(OCc2cccc([N+](=O)[O-])c2Br)c1. The van der Waals surface area contributed by atoms with E-state index in [1.165, 1.54) is 11.6 Å². The van der Waals surface area contributed by atoms with Gasteiger partial charge in [0.2, 0.25) is 0 Å². The predicted molar refractivity (Wildman–Crippen MR) is 85.8 cm³/mol. The minimum atomic E-state index is -0.407. The number of benzene rings is 2. The van der Waals surface area contributed by atoms with Crippen LogP contribution in [0.2, 0.25) is 0 Å². The molecule has 0 unspecified atom stereocenters. The Hall–Kier alpha value is -1.88. The smallest absolute Gasteiger partial charge is 0.283 e. The zero-order valence-electron chi connectivity index (χ0n) is 12.1. The summed E-state index contributed by atoms with van der Waals surface area (Å²) < 4.78 is 6.32. The molecule has 2 rings (SSSR count). The highest BCUT2D eigenvalue weighted by atomic mass is 79.9. The second-order valence-corrected chi connectivity index (χ2v) is 5.79. The fourth-order valence-electron chi connectivity index (χ4n) is 2.12. The summed E-state index contributed by atoms with van der Waals surface area (Å²) in [5.41, 5.74) is 4.19. The van der Waals surface area contributed by atoms with Gasteiger partial charge in [-0.1, -0.05) is 18.2 Å². The van der Waals surface area contributed by atoms with Crippen molar-refractivity contribution in [2.24, 2.45) is 0 Å². The summed E-state index contributed by atoms with van der Waals surface area (Å²) in [5.74, 6) is 0.811. The summed E-state index contributed by atoms with van der Waals surface area (Å²) >= 11 is 3.28. The third kappa shape index (κ3) is 3.42. The minimum absolute atomic E-state index is 0.0493. The number of halogens is 1. The zero-order chi connectivity index (χ0) is 15.6. The number of ether oxygens (including phenoxy) is 1. The molecule has 0 saturated carbocycles. The fourth-order valence-corrected chi connectivity index (χ4v) is 2.65. The summed E-state index contributed by atoms with van der Waals surface area (Å²) in [4.78, 5) is 10.5. The third-order valence-electron chi connectivity index (χ3n) is 3.40. The van der Waals surface area contributed by atoms with Gasteiger partial charge in [-0.3, -0.25) is 10.1 Å². The lowest BCUT2D eigenvalue weighted by Gasteiger charge is -2.13. The Morgan fingerprint density at radius 2 is 1.95 bits per heavy atom. The van der Waals surface area contributed by atoms with Crippen LogP contribution in [0.25, 0.3) is 0 Å². The van der Waals surface area contributed by atoms with Crippen molar-refractivity contribution in [3.05, 3.63) is 67.2 Å². The van der Waals surface area contributed by atoms with Crippen LogP contribution in [0.4, 0.5) is 5.69 Å². The van der Waals surface area contributed by atoms with Crippen LogP contribution >= 0.6 is 15.9 Å². The highest BCUT2D eigenvalue weighted by Gasteiger charge is 2.15. The van der Waals surface area contributed by atoms with Crippen molar-refractivity contribution in [1.82, 2.24) is 0 Å². The molecule has 0 aliphatic carbocycles. The first kappa shape index (κ1) is 15.5. The molecule has 0 fully saturated rings. The van der Waals surface area contributed by atoms with Crippen LogP contribution in [0.5, 0.6) is 5.75 Å². The Morgan fingerprint density at radius 1 is 1.24 bits per heavy atom. The van der Waals surface area contributed by atoms with Crippen molar-refractivity contribution in [2.75, 3.05) is 0 Å². The Balaban J connectivity index is 2.25. The Morgan fingerprint density at radius 3 is 2.62 bits per heavy atom. The molecule has 0 amide bonds. The van der Waals surface area contributed by atoms with E-state index in [1.54, 1.807) is 6.07 Å². The summed E-state index contributed by atoms with van der Waals surface area (Å²) in [6.07, 6.45) is 0. The molecular formula is C16H16BrNO3. The van der Waals surface area contributed by atoms with E-state index in [0.29, 0.717) is 4.47 Å². The number of rotatable bonds is 4. The summed E-state index contributed by atoms with van der Waals surface area (Å²) in [7, 11) is 0. The van der Waals surface area contributed by atoms with Crippen LogP contribution in [0.3, 0.4) is 0 Å². The van der Waals surface area contributed by atoms with Crippen molar-refractivity contribution in [2.45, 2.75) is 27.4 Å². The topological polar surface area (TPSA) is 52.4 Å². The number of nitro groups is 1. The van der Waals surface area contributed by atoms with E-state index in [2.05, 4.69) is 22.0 Å². The van der Waals surface area contributed by atoms with Crippen molar-refractivity contribution in [1.29, 1.82) is 0 Å². The van der Waals surface area contributed by atoms with E-state index in [-0.39, 0.29) is 12.3 Å². The molecule has 2 aromatic rings. The summed E-state index contributed by atoms with van der Waals surface area (Å²) in [5, 5.41) is 10.9. The summed E-state index contributed by atoms with van der Waals surface area (Å²) in [6.45, 7) is 6.35. The first-order valence-electron chi connectivity index (χ1n) is 6.52. The van der Waals surface area contributed by atoms with Crippen molar-refractivity contribution >= 4 is 21.6 Å². The predicted octanol–water partition coefficient (Wildman–Crippen LogP) is 4.86. The lowest BCUT2D eigenvalue weighted by Crippen LogP contribution is -2.01. The van der Waals surface area contributed by atoms with Gasteiger partial charge in [-0.2, -0.15) is 0 Å². The summed E-state index contributed by atoms with van der Waals surface area (Å²) in [6, 6.07) is 9.03. The highest BCUT2D eigenvalue weighted by molar-refractivity contribution is 9.10. The lowest BCUT2D eigenvalue weighted by atomic mass is 10.1. The monoisotopic (exact) mass is 349 g/mol. The van der Waals surface area contributed by atoms with E-state index < -0.39 is 4.92 Å². The molecule has 0 spiro atoms. The average molecular weight is 350 g/mol. The second kappa shape index (κ2) is 6.26. The number of hydrogen-bond acceptors (Lipinski definition) is 3. The number of nitrogens with zero attached hydrogens (tertiary/aromatic N) is 1. The Labute approximate surface area is 132 Å². The van der Waals surface area contributed by atoms with Crippen molar-refractivity contribution in [3.63, 3.8) is 0 Å². The molecule has 0 N–H and O–H groups in total. The first-order chi connectivity index (χ1) is 9.90. The molecule has 0 saturated heterocycles. The van der Waals surface area contributed by atoms with E-state index in [0.717, 1.165) is 22.4 Å². The molecule has 5 heteroatoms. The van der Waals surface area contributed by atoms with Gasteiger partial charge in [0.1, 0.15) is 16.8 Å². The second-order valence-electron chi connectivity index (χ2n) is 5.00. The molecular weight excluding hydrogens is 334 g/mol. The molecule has 21 heavy (non-hydrogen) atoms. The maximum atomic E-state index is 10.9. The largest absolute Gasteiger partial charge is 0.489 e. The maximum Gasteiger partial charge on any atom is 0.283 e. The van der Waals surface area contributed by atoms with Crippen LogP contribution in [0.15, 0.2) is 34.8 Å². The normalized spacial score (nSPS) is 10.5.